The summed E-state index contributed by atoms with van der Waals surface area (Å²) in [4.78, 5) is 21.3. The Morgan fingerprint density at radius 3 is 2.60 bits per heavy atom. The van der Waals surface area contributed by atoms with Crippen LogP contribution < -0.4 is 4.90 Å². The summed E-state index contributed by atoms with van der Waals surface area (Å²) < 4.78 is 5.54. The van der Waals surface area contributed by atoms with Crippen LogP contribution in [0.3, 0.4) is 0 Å². The van der Waals surface area contributed by atoms with E-state index in [1.165, 1.54) is 24.8 Å². The lowest BCUT2D eigenvalue weighted by molar-refractivity contribution is 0.0569. The summed E-state index contributed by atoms with van der Waals surface area (Å²) >= 11 is 0. The van der Waals surface area contributed by atoms with Gasteiger partial charge in [0.05, 0.1) is 0 Å². The lowest BCUT2D eigenvalue weighted by Crippen LogP contribution is -2.41. The maximum atomic E-state index is 12.5. The van der Waals surface area contributed by atoms with Crippen LogP contribution in [0.1, 0.15) is 72.4 Å². The van der Waals surface area contributed by atoms with Gasteiger partial charge in [0.2, 0.25) is 0 Å². The molecule has 140 valence electrons. The first kappa shape index (κ1) is 19.7. The summed E-state index contributed by atoms with van der Waals surface area (Å²) in [6, 6.07) is 4.48. The highest BCUT2D eigenvalue weighted by Gasteiger charge is 2.27. The molecule has 0 bridgehead atoms. The molecule has 0 spiro atoms. The third kappa shape index (κ3) is 5.18. The summed E-state index contributed by atoms with van der Waals surface area (Å²) in [5, 5.41) is 0. The number of likely N-dealkylation sites (tertiary alicyclic amines) is 1. The van der Waals surface area contributed by atoms with E-state index in [-0.39, 0.29) is 12.1 Å². The Morgan fingerprint density at radius 2 is 2.08 bits per heavy atom. The van der Waals surface area contributed by atoms with Crippen LogP contribution in [0.4, 0.5) is 10.6 Å². The van der Waals surface area contributed by atoms with E-state index in [1.54, 1.807) is 4.90 Å². The molecule has 25 heavy (non-hydrogen) atoms. The standard InChI is InChI=1S/C20H33N3O2/c1-7-22-13-9-8-10-17(22)16-11-12-18(21-14-16)23(15(2)3)19(24)25-20(4,5)6/h11-12,14-15,17H,7-10,13H2,1-6H3. The van der Waals surface area contributed by atoms with Gasteiger partial charge in [0.25, 0.3) is 0 Å². The van der Waals surface area contributed by atoms with Gasteiger partial charge in [-0.3, -0.25) is 9.80 Å². The lowest BCUT2D eigenvalue weighted by atomic mass is 9.96. The molecular weight excluding hydrogens is 314 g/mol. The molecule has 1 saturated heterocycles. The molecule has 0 radical (unpaired) electrons. The zero-order valence-corrected chi connectivity index (χ0v) is 16.6. The minimum Gasteiger partial charge on any atom is -0.443 e. The van der Waals surface area contributed by atoms with E-state index in [4.69, 9.17) is 4.74 Å². The second kappa shape index (κ2) is 8.17. The molecule has 2 rings (SSSR count). The van der Waals surface area contributed by atoms with Crippen LogP contribution >= 0.6 is 0 Å². The SMILES string of the molecule is CCN1CCCCC1c1ccc(N(C(=O)OC(C)(C)C)C(C)C)nc1. The minimum atomic E-state index is -0.520. The Labute approximate surface area is 152 Å². The smallest absolute Gasteiger partial charge is 0.416 e. The zero-order chi connectivity index (χ0) is 18.6. The molecule has 5 nitrogen and oxygen atoms in total. The Balaban J connectivity index is 2.19. The van der Waals surface area contributed by atoms with Crippen molar-refractivity contribution in [1.29, 1.82) is 0 Å². The van der Waals surface area contributed by atoms with Crippen molar-refractivity contribution >= 4 is 11.9 Å². The number of piperidine rings is 1. The Bertz CT molecular complexity index is 563. The summed E-state index contributed by atoms with van der Waals surface area (Å²) in [6.45, 7) is 14.0. The number of hydrogen-bond acceptors (Lipinski definition) is 4. The number of carbonyl (C=O) groups is 1. The van der Waals surface area contributed by atoms with E-state index in [9.17, 15) is 4.79 Å². The fourth-order valence-corrected chi connectivity index (χ4v) is 3.36. The highest BCUT2D eigenvalue weighted by atomic mass is 16.6. The topological polar surface area (TPSA) is 45.7 Å². The molecule has 1 aromatic rings. The molecule has 1 fully saturated rings. The third-order valence-electron chi connectivity index (χ3n) is 4.53. The van der Waals surface area contributed by atoms with Crippen LogP contribution in [-0.4, -0.2) is 40.7 Å². The van der Waals surface area contributed by atoms with E-state index < -0.39 is 5.60 Å². The van der Waals surface area contributed by atoms with Gasteiger partial charge < -0.3 is 4.74 Å². The summed E-state index contributed by atoms with van der Waals surface area (Å²) in [5.74, 6) is 0.645. The predicted octanol–water partition coefficient (Wildman–Crippen LogP) is 4.78. The summed E-state index contributed by atoms with van der Waals surface area (Å²) in [5.41, 5.74) is 0.714. The highest BCUT2D eigenvalue weighted by Crippen LogP contribution is 2.31. The molecule has 5 heteroatoms. The van der Waals surface area contributed by atoms with Crippen molar-refractivity contribution in [2.75, 3.05) is 18.0 Å². The summed E-state index contributed by atoms with van der Waals surface area (Å²) in [7, 11) is 0. The van der Waals surface area contributed by atoms with E-state index in [0.29, 0.717) is 11.9 Å². The molecule has 0 N–H and O–H groups in total. The number of carbonyl (C=O) groups excluding carboxylic acids is 1. The van der Waals surface area contributed by atoms with E-state index in [0.717, 1.165) is 13.1 Å². The molecule has 0 aromatic carbocycles. The van der Waals surface area contributed by atoms with Crippen molar-refractivity contribution in [2.24, 2.45) is 0 Å². The number of amides is 1. The number of ether oxygens (including phenoxy) is 1. The van der Waals surface area contributed by atoms with E-state index >= 15 is 0 Å². The van der Waals surface area contributed by atoms with Gasteiger partial charge in [0.15, 0.2) is 0 Å². The quantitative estimate of drug-likeness (QED) is 0.786. The number of anilines is 1. The second-order valence-corrected chi connectivity index (χ2v) is 8.03. The van der Waals surface area contributed by atoms with Gasteiger partial charge in [-0.15, -0.1) is 0 Å². The van der Waals surface area contributed by atoms with Crippen LogP contribution in [0.5, 0.6) is 0 Å². The highest BCUT2D eigenvalue weighted by molar-refractivity contribution is 5.87. The monoisotopic (exact) mass is 347 g/mol. The van der Waals surface area contributed by atoms with Crippen LogP contribution in [0.2, 0.25) is 0 Å². The van der Waals surface area contributed by atoms with Crippen LogP contribution in [-0.2, 0) is 4.74 Å². The molecule has 0 saturated carbocycles. The first-order valence-electron chi connectivity index (χ1n) is 9.45. The van der Waals surface area contributed by atoms with Crippen LogP contribution in [0.25, 0.3) is 0 Å². The number of nitrogens with zero attached hydrogens (tertiary/aromatic N) is 3. The van der Waals surface area contributed by atoms with Crippen LogP contribution in [0.15, 0.2) is 18.3 Å². The molecule has 2 heterocycles. The van der Waals surface area contributed by atoms with E-state index in [2.05, 4.69) is 22.9 Å². The Hall–Kier alpha value is -1.62. The molecule has 1 aromatic heterocycles. The predicted molar refractivity (Wildman–Crippen MR) is 102 cm³/mol. The zero-order valence-electron chi connectivity index (χ0n) is 16.6. The van der Waals surface area contributed by atoms with Gasteiger partial charge in [0, 0.05) is 18.3 Å². The molecule has 0 aliphatic carbocycles. The van der Waals surface area contributed by atoms with Crippen molar-refractivity contribution in [2.45, 2.75) is 78.5 Å². The molecular formula is C20H33N3O2. The summed E-state index contributed by atoms with van der Waals surface area (Å²) in [6.07, 6.45) is 5.28. The first-order valence-corrected chi connectivity index (χ1v) is 9.45. The fourth-order valence-electron chi connectivity index (χ4n) is 3.36. The van der Waals surface area contributed by atoms with Gasteiger partial charge in [-0.05, 0) is 72.2 Å². The molecule has 1 atom stereocenters. The van der Waals surface area contributed by atoms with Crippen molar-refractivity contribution in [3.8, 4) is 0 Å². The molecule has 1 unspecified atom stereocenters. The van der Waals surface area contributed by atoms with Gasteiger partial charge in [0.1, 0.15) is 11.4 Å². The fraction of sp³-hybridized carbons (Fsp3) is 0.700. The number of pyridine rings is 1. The Morgan fingerprint density at radius 1 is 1.36 bits per heavy atom. The second-order valence-electron chi connectivity index (χ2n) is 8.03. The molecule has 1 amide bonds. The first-order chi connectivity index (χ1) is 11.7. The van der Waals surface area contributed by atoms with Gasteiger partial charge in [-0.2, -0.15) is 0 Å². The van der Waals surface area contributed by atoms with Crippen molar-refractivity contribution in [3.63, 3.8) is 0 Å². The van der Waals surface area contributed by atoms with Gasteiger partial charge >= 0.3 is 6.09 Å². The maximum absolute atomic E-state index is 12.5. The number of rotatable bonds is 4. The van der Waals surface area contributed by atoms with Gasteiger partial charge in [-0.1, -0.05) is 19.4 Å². The van der Waals surface area contributed by atoms with Crippen molar-refractivity contribution in [1.82, 2.24) is 9.88 Å². The lowest BCUT2D eigenvalue weighted by Gasteiger charge is -2.35. The maximum Gasteiger partial charge on any atom is 0.416 e. The van der Waals surface area contributed by atoms with Crippen LogP contribution in [0, 0.1) is 0 Å². The van der Waals surface area contributed by atoms with Gasteiger partial charge in [-0.25, -0.2) is 9.78 Å². The number of aromatic nitrogens is 1. The van der Waals surface area contributed by atoms with Crippen molar-refractivity contribution < 1.29 is 9.53 Å². The van der Waals surface area contributed by atoms with E-state index in [1.807, 2.05) is 46.9 Å². The molecule has 1 aliphatic rings. The average Bonchev–Trinajstić information content (AvgIpc) is 2.53. The molecule has 1 aliphatic heterocycles. The third-order valence-corrected chi connectivity index (χ3v) is 4.53. The van der Waals surface area contributed by atoms with Crippen molar-refractivity contribution in [3.05, 3.63) is 23.9 Å². The minimum absolute atomic E-state index is 0.0185. The normalized spacial score (nSPS) is 19.1. The average molecular weight is 348 g/mol. The Kier molecular flexibility index (Phi) is 6.44. The largest absolute Gasteiger partial charge is 0.443 e. The number of hydrogen-bond donors (Lipinski definition) is 0.